The van der Waals surface area contributed by atoms with Crippen LogP contribution in [0.2, 0.25) is 0 Å². The summed E-state index contributed by atoms with van der Waals surface area (Å²) in [5, 5.41) is 6.03. The molecule has 0 aliphatic rings. The molecule has 0 aliphatic carbocycles. The van der Waals surface area contributed by atoms with Crippen molar-refractivity contribution >= 4 is 34.3 Å². The second-order valence-electron chi connectivity index (χ2n) is 9.49. The third kappa shape index (κ3) is 5.02. The molecular formula is C26H29N5O2S. The molecule has 0 spiro atoms. The fourth-order valence-electron chi connectivity index (χ4n) is 3.34. The molecule has 0 aliphatic heterocycles. The lowest BCUT2D eigenvalue weighted by molar-refractivity contribution is 0.0910. The van der Waals surface area contributed by atoms with Crippen molar-refractivity contribution in [2.24, 2.45) is 5.41 Å². The van der Waals surface area contributed by atoms with Crippen LogP contribution in [0.3, 0.4) is 0 Å². The molecule has 4 rings (SSSR count). The molecule has 3 heterocycles. The largest absolute Gasteiger partial charge is 0.349 e. The molecule has 0 saturated carbocycles. The number of fused-ring (bicyclic) bond motifs is 1. The van der Waals surface area contributed by atoms with Crippen LogP contribution in [0.5, 0.6) is 0 Å². The lowest BCUT2D eigenvalue weighted by Crippen LogP contribution is -2.41. The van der Waals surface area contributed by atoms with E-state index in [1.165, 1.54) is 11.3 Å². The van der Waals surface area contributed by atoms with Gasteiger partial charge in [-0.05, 0) is 42.5 Å². The molecule has 34 heavy (non-hydrogen) atoms. The number of H-pyrrole nitrogens is 1. The van der Waals surface area contributed by atoms with Crippen LogP contribution in [0, 0.1) is 12.3 Å². The molecule has 3 aromatic heterocycles. The zero-order valence-electron chi connectivity index (χ0n) is 20.0. The highest BCUT2D eigenvalue weighted by Gasteiger charge is 2.24. The van der Waals surface area contributed by atoms with Crippen molar-refractivity contribution in [2.75, 3.05) is 0 Å². The van der Waals surface area contributed by atoms with Crippen molar-refractivity contribution in [3.05, 3.63) is 70.4 Å². The number of carbonyl (C=O) groups is 2. The lowest BCUT2D eigenvalue weighted by atomic mass is 9.88. The predicted octanol–water partition coefficient (Wildman–Crippen LogP) is 5.09. The Morgan fingerprint density at radius 2 is 1.88 bits per heavy atom. The van der Waals surface area contributed by atoms with E-state index >= 15 is 0 Å². The van der Waals surface area contributed by atoms with Crippen molar-refractivity contribution in [2.45, 2.75) is 47.2 Å². The summed E-state index contributed by atoms with van der Waals surface area (Å²) >= 11 is 1.35. The van der Waals surface area contributed by atoms with E-state index in [4.69, 9.17) is 4.98 Å². The highest BCUT2D eigenvalue weighted by atomic mass is 32.1. The standard InChI is InChI=1S/C26H29N5O2S/c1-15-8-6-7-9-17(15)12-29-25(33)21-11-10-20(34-21)19-14-28-23-22(31-19)18(13-27-23)24(32)30-16(2)26(3,4)5/h6-11,13-14,16H,12H2,1-5H3,(H,27,28)(H,29,33)(H,30,32). The zero-order valence-corrected chi connectivity index (χ0v) is 20.8. The summed E-state index contributed by atoms with van der Waals surface area (Å²) in [7, 11) is 0. The minimum Gasteiger partial charge on any atom is -0.349 e. The highest BCUT2D eigenvalue weighted by molar-refractivity contribution is 7.17. The van der Waals surface area contributed by atoms with E-state index in [0.717, 1.165) is 16.0 Å². The second kappa shape index (κ2) is 9.38. The molecule has 0 fully saturated rings. The number of aromatic amines is 1. The molecule has 0 radical (unpaired) electrons. The van der Waals surface area contributed by atoms with Crippen molar-refractivity contribution in [3.8, 4) is 10.6 Å². The van der Waals surface area contributed by atoms with Crippen molar-refractivity contribution < 1.29 is 9.59 Å². The van der Waals surface area contributed by atoms with Gasteiger partial charge in [-0.2, -0.15) is 0 Å². The number of aromatic nitrogens is 3. The molecule has 7 nitrogen and oxygen atoms in total. The van der Waals surface area contributed by atoms with Gasteiger partial charge in [0.25, 0.3) is 11.8 Å². The Kier molecular flexibility index (Phi) is 6.52. The van der Waals surface area contributed by atoms with Gasteiger partial charge < -0.3 is 15.6 Å². The molecule has 1 atom stereocenters. The minimum atomic E-state index is -0.192. The van der Waals surface area contributed by atoms with Gasteiger partial charge in [0, 0.05) is 18.8 Å². The van der Waals surface area contributed by atoms with Crippen LogP contribution in [0.25, 0.3) is 21.7 Å². The number of carbonyl (C=O) groups excluding carboxylic acids is 2. The van der Waals surface area contributed by atoms with E-state index < -0.39 is 0 Å². The molecule has 176 valence electrons. The Morgan fingerprint density at radius 3 is 2.62 bits per heavy atom. The molecule has 0 bridgehead atoms. The van der Waals surface area contributed by atoms with Crippen LogP contribution < -0.4 is 10.6 Å². The SMILES string of the molecule is Cc1ccccc1CNC(=O)c1ccc(-c2cnc3[nH]cc(C(=O)NC(C)C(C)(C)C)c3n2)s1. The monoisotopic (exact) mass is 475 g/mol. The lowest BCUT2D eigenvalue weighted by Gasteiger charge is -2.27. The first-order valence-electron chi connectivity index (χ1n) is 11.2. The summed E-state index contributed by atoms with van der Waals surface area (Å²) in [6, 6.07) is 11.6. The summed E-state index contributed by atoms with van der Waals surface area (Å²) in [5.74, 6) is -0.325. The van der Waals surface area contributed by atoms with Crippen molar-refractivity contribution in [1.82, 2.24) is 25.6 Å². The fraction of sp³-hybridized carbons (Fsp3) is 0.308. The maximum Gasteiger partial charge on any atom is 0.261 e. The third-order valence-corrected chi connectivity index (χ3v) is 7.16. The molecular weight excluding hydrogens is 446 g/mol. The fourth-order valence-corrected chi connectivity index (χ4v) is 4.22. The average Bonchev–Trinajstić information content (AvgIpc) is 3.45. The molecule has 1 aromatic carbocycles. The Morgan fingerprint density at radius 1 is 1.12 bits per heavy atom. The molecule has 1 unspecified atom stereocenters. The van der Waals surface area contributed by atoms with Crippen molar-refractivity contribution in [3.63, 3.8) is 0 Å². The Bertz CT molecular complexity index is 1350. The van der Waals surface area contributed by atoms with Crippen LogP contribution in [0.1, 0.15) is 58.9 Å². The number of amides is 2. The van der Waals surface area contributed by atoms with Gasteiger partial charge in [0.15, 0.2) is 5.65 Å². The summed E-state index contributed by atoms with van der Waals surface area (Å²) in [5.41, 5.74) is 4.29. The van der Waals surface area contributed by atoms with Gasteiger partial charge in [-0.1, -0.05) is 45.0 Å². The quantitative estimate of drug-likeness (QED) is 0.362. The molecule has 2 amide bonds. The zero-order chi connectivity index (χ0) is 24.5. The van der Waals surface area contributed by atoms with Crippen LogP contribution in [0.15, 0.2) is 48.8 Å². The average molecular weight is 476 g/mol. The van der Waals surface area contributed by atoms with Gasteiger partial charge >= 0.3 is 0 Å². The number of aryl methyl sites for hydroxylation is 1. The summed E-state index contributed by atoms with van der Waals surface area (Å²) in [6.45, 7) is 10.7. The maximum atomic E-state index is 12.9. The van der Waals surface area contributed by atoms with Gasteiger partial charge in [0.1, 0.15) is 5.52 Å². The Labute approximate surface area is 203 Å². The molecule has 4 aromatic rings. The Balaban J connectivity index is 1.52. The number of thiophene rings is 1. The maximum absolute atomic E-state index is 12.9. The number of nitrogens with one attached hydrogen (secondary N) is 3. The van der Waals surface area contributed by atoms with Gasteiger partial charge in [-0.15, -0.1) is 11.3 Å². The van der Waals surface area contributed by atoms with E-state index in [9.17, 15) is 9.59 Å². The number of rotatable bonds is 6. The Hall–Kier alpha value is -3.52. The number of hydrogen-bond acceptors (Lipinski definition) is 5. The summed E-state index contributed by atoms with van der Waals surface area (Å²) in [6.07, 6.45) is 3.29. The van der Waals surface area contributed by atoms with Crippen LogP contribution in [0.4, 0.5) is 0 Å². The van der Waals surface area contributed by atoms with Crippen LogP contribution in [-0.2, 0) is 6.54 Å². The summed E-state index contributed by atoms with van der Waals surface area (Å²) < 4.78 is 0. The molecule has 3 N–H and O–H groups in total. The second-order valence-corrected chi connectivity index (χ2v) is 10.6. The van der Waals surface area contributed by atoms with Crippen LogP contribution >= 0.6 is 11.3 Å². The number of nitrogens with zero attached hydrogens (tertiary/aromatic N) is 2. The van der Waals surface area contributed by atoms with E-state index in [1.807, 2.05) is 44.2 Å². The van der Waals surface area contributed by atoms with Gasteiger partial charge in [-0.25, -0.2) is 9.97 Å². The highest BCUT2D eigenvalue weighted by Crippen LogP contribution is 2.28. The first kappa shape index (κ1) is 23.6. The number of hydrogen-bond donors (Lipinski definition) is 3. The molecule has 0 saturated heterocycles. The van der Waals surface area contributed by atoms with Gasteiger partial charge in [0.2, 0.25) is 0 Å². The van der Waals surface area contributed by atoms with E-state index in [2.05, 4.69) is 41.4 Å². The van der Waals surface area contributed by atoms with E-state index in [0.29, 0.717) is 33.8 Å². The first-order chi connectivity index (χ1) is 16.1. The minimum absolute atomic E-state index is 0.0147. The number of benzene rings is 1. The molecule has 8 heteroatoms. The van der Waals surface area contributed by atoms with Gasteiger partial charge in [-0.3, -0.25) is 9.59 Å². The predicted molar refractivity (Wildman–Crippen MR) is 136 cm³/mol. The normalized spacial score (nSPS) is 12.5. The van der Waals surface area contributed by atoms with E-state index in [-0.39, 0.29) is 23.3 Å². The van der Waals surface area contributed by atoms with Gasteiger partial charge in [0.05, 0.1) is 27.2 Å². The van der Waals surface area contributed by atoms with E-state index in [1.54, 1.807) is 18.5 Å². The third-order valence-electron chi connectivity index (χ3n) is 6.05. The van der Waals surface area contributed by atoms with Crippen molar-refractivity contribution in [1.29, 1.82) is 0 Å². The summed E-state index contributed by atoms with van der Waals surface area (Å²) in [4.78, 5) is 39.1. The van der Waals surface area contributed by atoms with Crippen LogP contribution in [-0.4, -0.2) is 32.8 Å². The first-order valence-corrected chi connectivity index (χ1v) is 12.0. The topological polar surface area (TPSA) is 99.8 Å². The smallest absolute Gasteiger partial charge is 0.261 e.